The first-order valence-corrected chi connectivity index (χ1v) is 5.84. The third-order valence-corrected chi connectivity index (χ3v) is 2.92. The predicted octanol–water partition coefficient (Wildman–Crippen LogP) is 1.35. The monoisotopic (exact) mass is 251 g/mol. The molecule has 1 aliphatic carbocycles. The largest absolute Gasteiger partial charge is 0.480 e. The molecule has 1 aromatic rings. The first-order chi connectivity index (χ1) is 8.56. The van der Waals surface area contributed by atoms with Crippen molar-refractivity contribution in [2.24, 2.45) is 5.92 Å². The molecule has 1 aliphatic rings. The maximum absolute atomic E-state index is 12.7. The molecule has 2 N–H and O–H groups in total. The lowest BCUT2D eigenvalue weighted by molar-refractivity contribution is -0.142. The van der Waals surface area contributed by atoms with Crippen LogP contribution in [0.2, 0.25) is 0 Å². The van der Waals surface area contributed by atoms with Crippen molar-refractivity contribution < 1.29 is 19.1 Å². The molecule has 2 rings (SSSR count). The highest BCUT2D eigenvalue weighted by molar-refractivity contribution is 5.86. The fourth-order valence-corrected chi connectivity index (χ4v) is 1.69. The van der Waals surface area contributed by atoms with Gasteiger partial charge in [-0.3, -0.25) is 4.79 Å². The smallest absolute Gasteiger partial charge is 0.326 e. The molecule has 4 nitrogen and oxygen atoms in total. The van der Waals surface area contributed by atoms with Crippen molar-refractivity contribution in [3.63, 3.8) is 0 Å². The van der Waals surface area contributed by atoms with E-state index in [4.69, 9.17) is 5.11 Å². The minimum atomic E-state index is -1.08. The fourth-order valence-electron chi connectivity index (χ4n) is 1.69. The van der Waals surface area contributed by atoms with Crippen molar-refractivity contribution in [1.82, 2.24) is 5.32 Å². The Kier molecular flexibility index (Phi) is 3.60. The van der Waals surface area contributed by atoms with Crippen molar-refractivity contribution in [3.8, 4) is 0 Å². The molecule has 1 amide bonds. The number of carbonyl (C=O) groups is 2. The van der Waals surface area contributed by atoms with E-state index in [9.17, 15) is 14.0 Å². The van der Waals surface area contributed by atoms with Crippen LogP contribution in [-0.4, -0.2) is 23.0 Å². The van der Waals surface area contributed by atoms with Crippen molar-refractivity contribution in [3.05, 3.63) is 35.6 Å². The van der Waals surface area contributed by atoms with Crippen LogP contribution in [0.3, 0.4) is 0 Å². The van der Waals surface area contributed by atoms with Gasteiger partial charge < -0.3 is 10.4 Å². The lowest BCUT2D eigenvalue weighted by Crippen LogP contribution is -2.43. The number of halogens is 1. The summed E-state index contributed by atoms with van der Waals surface area (Å²) in [5.74, 6) is -1.68. The molecular weight excluding hydrogens is 237 g/mol. The van der Waals surface area contributed by atoms with Gasteiger partial charge in [0.25, 0.3) is 0 Å². The number of benzene rings is 1. The summed E-state index contributed by atoms with van der Waals surface area (Å²) >= 11 is 0. The van der Waals surface area contributed by atoms with Gasteiger partial charge in [0.15, 0.2) is 0 Å². The number of aliphatic carboxylic acids is 1. The summed E-state index contributed by atoms with van der Waals surface area (Å²) in [6.45, 7) is 0. The molecule has 18 heavy (non-hydrogen) atoms. The molecule has 0 heterocycles. The standard InChI is InChI=1S/C13H14FNO3/c14-10-5-1-8(2-6-10)7-11(13(17)18)15-12(16)9-3-4-9/h1-2,5-6,9,11H,3-4,7H2,(H,15,16)(H,17,18). The third kappa shape index (κ3) is 3.29. The highest BCUT2D eigenvalue weighted by Crippen LogP contribution is 2.29. The van der Waals surface area contributed by atoms with E-state index in [0.717, 1.165) is 12.8 Å². The van der Waals surface area contributed by atoms with Crippen LogP contribution in [0.1, 0.15) is 18.4 Å². The summed E-state index contributed by atoms with van der Waals surface area (Å²) < 4.78 is 12.7. The average molecular weight is 251 g/mol. The summed E-state index contributed by atoms with van der Waals surface area (Å²) in [6, 6.07) is 4.64. The Morgan fingerprint density at radius 2 is 1.94 bits per heavy atom. The van der Waals surface area contributed by atoms with E-state index in [1.165, 1.54) is 24.3 Å². The SMILES string of the molecule is O=C(NC(Cc1ccc(F)cc1)C(=O)O)C1CC1. The maximum atomic E-state index is 12.7. The zero-order valence-corrected chi connectivity index (χ0v) is 9.73. The number of rotatable bonds is 5. The summed E-state index contributed by atoms with van der Waals surface area (Å²) in [5.41, 5.74) is 0.680. The molecule has 96 valence electrons. The van der Waals surface area contributed by atoms with Gasteiger partial charge in [0.2, 0.25) is 5.91 Å². The fraction of sp³-hybridized carbons (Fsp3) is 0.385. The van der Waals surface area contributed by atoms with Gasteiger partial charge in [0.1, 0.15) is 11.9 Å². The zero-order valence-electron chi connectivity index (χ0n) is 9.73. The maximum Gasteiger partial charge on any atom is 0.326 e. The van der Waals surface area contributed by atoms with E-state index in [1.807, 2.05) is 0 Å². The van der Waals surface area contributed by atoms with Crippen molar-refractivity contribution >= 4 is 11.9 Å². The molecule has 5 heteroatoms. The lowest BCUT2D eigenvalue weighted by atomic mass is 10.1. The molecule has 0 bridgehead atoms. The molecular formula is C13H14FNO3. The molecule has 0 radical (unpaired) electrons. The van der Waals surface area contributed by atoms with Gasteiger partial charge in [-0.15, -0.1) is 0 Å². The second-order valence-electron chi connectivity index (χ2n) is 4.50. The normalized spacial score (nSPS) is 16.1. The summed E-state index contributed by atoms with van der Waals surface area (Å²) in [5, 5.41) is 11.6. The van der Waals surface area contributed by atoms with E-state index in [0.29, 0.717) is 5.56 Å². The zero-order chi connectivity index (χ0) is 13.1. The molecule has 1 saturated carbocycles. The van der Waals surface area contributed by atoms with Gasteiger partial charge in [-0.05, 0) is 30.5 Å². The molecule has 0 aliphatic heterocycles. The van der Waals surface area contributed by atoms with E-state index >= 15 is 0 Å². The van der Waals surface area contributed by atoms with E-state index in [2.05, 4.69) is 5.32 Å². The van der Waals surface area contributed by atoms with Crippen LogP contribution in [-0.2, 0) is 16.0 Å². The number of carboxylic acids is 1. The minimum Gasteiger partial charge on any atom is -0.480 e. The van der Waals surface area contributed by atoms with Crippen LogP contribution < -0.4 is 5.32 Å². The van der Waals surface area contributed by atoms with Crippen LogP contribution in [0.25, 0.3) is 0 Å². The third-order valence-electron chi connectivity index (χ3n) is 2.92. The second-order valence-corrected chi connectivity index (χ2v) is 4.50. The molecule has 1 fully saturated rings. The second kappa shape index (κ2) is 5.16. The highest BCUT2D eigenvalue weighted by Gasteiger charge is 2.32. The Balaban J connectivity index is 1.99. The Hall–Kier alpha value is -1.91. The van der Waals surface area contributed by atoms with Gasteiger partial charge in [-0.1, -0.05) is 12.1 Å². The number of hydrogen-bond acceptors (Lipinski definition) is 2. The number of amides is 1. The molecule has 1 unspecified atom stereocenters. The average Bonchev–Trinajstić information content (AvgIpc) is 3.14. The summed E-state index contributed by atoms with van der Waals surface area (Å²) in [4.78, 5) is 22.6. The van der Waals surface area contributed by atoms with Crippen LogP contribution in [0.4, 0.5) is 4.39 Å². The van der Waals surface area contributed by atoms with Crippen molar-refractivity contribution in [1.29, 1.82) is 0 Å². The van der Waals surface area contributed by atoms with Gasteiger partial charge in [0.05, 0.1) is 0 Å². The van der Waals surface area contributed by atoms with E-state index in [1.54, 1.807) is 0 Å². The summed E-state index contributed by atoms with van der Waals surface area (Å²) in [7, 11) is 0. The van der Waals surface area contributed by atoms with Crippen LogP contribution in [0.15, 0.2) is 24.3 Å². The first kappa shape index (κ1) is 12.5. The summed E-state index contributed by atoms with van der Waals surface area (Å²) in [6.07, 6.45) is 1.82. The van der Waals surface area contributed by atoms with Crippen molar-refractivity contribution in [2.45, 2.75) is 25.3 Å². The van der Waals surface area contributed by atoms with E-state index < -0.39 is 12.0 Å². The van der Waals surface area contributed by atoms with Gasteiger partial charge in [-0.2, -0.15) is 0 Å². The topological polar surface area (TPSA) is 66.4 Å². The highest BCUT2D eigenvalue weighted by atomic mass is 19.1. The van der Waals surface area contributed by atoms with Gasteiger partial charge in [0, 0.05) is 12.3 Å². The Morgan fingerprint density at radius 3 is 2.44 bits per heavy atom. The molecule has 0 spiro atoms. The van der Waals surface area contributed by atoms with Crippen LogP contribution in [0, 0.1) is 11.7 Å². The first-order valence-electron chi connectivity index (χ1n) is 5.84. The van der Waals surface area contributed by atoms with Crippen LogP contribution in [0.5, 0.6) is 0 Å². The quantitative estimate of drug-likeness (QED) is 0.830. The van der Waals surface area contributed by atoms with Crippen LogP contribution >= 0.6 is 0 Å². The molecule has 1 atom stereocenters. The van der Waals surface area contributed by atoms with Gasteiger partial charge >= 0.3 is 5.97 Å². The predicted molar refractivity (Wildman–Crippen MR) is 62.4 cm³/mol. The number of nitrogens with one attached hydrogen (secondary N) is 1. The molecule has 0 saturated heterocycles. The Morgan fingerprint density at radius 1 is 1.33 bits per heavy atom. The minimum absolute atomic E-state index is 0.0277. The number of hydrogen-bond donors (Lipinski definition) is 2. The lowest BCUT2D eigenvalue weighted by Gasteiger charge is -2.14. The molecule has 1 aromatic carbocycles. The Bertz CT molecular complexity index is 454. The Labute approximate surface area is 104 Å². The van der Waals surface area contributed by atoms with Gasteiger partial charge in [-0.25, -0.2) is 9.18 Å². The number of carboxylic acid groups (broad SMARTS) is 1. The van der Waals surface area contributed by atoms with Crippen molar-refractivity contribution in [2.75, 3.05) is 0 Å². The number of carbonyl (C=O) groups excluding carboxylic acids is 1. The molecule has 0 aromatic heterocycles. The van der Waals surface area contributed by atoms with E-state index in [-0.39, 0.29) is 24.1 Å².